The smallest absolute Gasteiger partial charge is 0.416 e. The van der Waals surface area contributed by atoms with Crippen LogP contribution in [0.15, 0.2) is 24.3 Å². The molecule has 0 aliphatic rings. The Labute approximate surface area is 117 Å². The molecule has 2 aromatic rings. The topological polar surface area (TPSA) is 60.2 Å². The van der Waals surface area contributed by atoms with E-state index >= 15 is 0 Å². The van der Waals surface area contributed by atoms with E-state index in [1.165, 1.54) is 19.2 Å². The molecule has 0 fully saturated rings. The summed E-state index contributed by atoms with van der Waals surface area (Å²) in [6, 6.07) is 5.39. The number of nitrogens with zero attached hydrogens (tertiary/aromatic N) is 1. The average molecular weight is 303 g/mol. The van der Waals surface area contributed by atoms with Gasteiger partial charge < -0.3 is 15.8 Å². The summed E-state index contributed by atoms with van der Waals surface area (Å²) in [5.41, 5.74) is 5.06. The van der Waals surface area contributed by atoms with Crippen LogP contribution in [0.2, 0.25) is 0 Å². The molecule has 0 bridgehead atoms. The number of hydrogen-bond acceptors (Lipinski definition) is 5. The van der Waals surface area contributed by atoms with E-state index in [4.69, 9.17) is 10.5 Å². The van der Waals surface area contributed by atoms with Crippen LogP contribution in [-0.4, -0.2) is 11.5 Å². The lowest BCUT2D eigenvalue weighted by Crippen LogP contribution is -2.11. The molecule has 1 aromatic carbocycles. The van der Waals surface area contributed by atoms with Gasteiger partial charge in [0.15, 0.2) is 16.6 Å². The van der Waals surface area contributed by atoms with Gasteiger partial charge in [-0.3, -0.25) is 0 Å². The monoisotopic (exact) mass is 303 g/mol. The van der Waals surface area contributed by atoms with Crippen molar-refractivity contribution in [2.45, 2.75) is 12.7 Å². The molecule has 0 amide bonds. The molecule has 0 unspecified atom stereocenters. The second-order valence-corrected chi connectivity index (χ2v) is 4.71. The molecule has 0 spiro atoms. The fourth-order valence-corrected chi connectivity index (χ4v) is 2.41. The second kappa shape index (κ2) is 5.58. The lowest BCUT2D eigenvalue weighted by Gasteiger charge is -2.13. The number of ether oxygens (including phenoxy) is 1. The maximum atomic E-state index is 12.8. The Morgan fingerprint density at radius 3 is 2.70 bits per heavy atom. The predicted octanol–water partition coefficient (Wildman–Crippen LogP) is 3.36. The van der Waals surface area contributed by atoms with Crippen molar-refractivity contribution in [1.29, 1.82) is 0 Å². The largest absolute Gasteiger partial charge is 0.490 e. The van der Waals surface area contributed by atoms with Gasteiger partial charge in [0.25, 0.3) is 0 Å². The van der Waals surface area contributed by atoms with Gasteiger partial charge in [0.1, 0.15) is 0 Å². The number of methoxy groups -OCH3 is 1. The molecular formula is C12H12F3N3OS. The molecule has 3 N–H and O–H groups in total. The predicted molar refractivity (Wildman–Crippen MR) is 71.8 cm³/mol. The van der Waals surface area contributed by atoms with Gasteiger partial charge in [-0.15, -0.1) is 0 Å². The summed E-state index contributed by atoms with van der Waals surface area (Å²) >= 11 is 1.04. The summed E-state index contributed by atoms with van der Waals surface area (Å²) in [6.07, 6.45) is -4.38. The van der Waals surface area contributed by atoms with Crippen molar-refractivity contribution in [2.75, 3.05) is 18.2 Å². The zero-order valence-corrected chi connectivity index (χ0v) is 11.3. The molecule has 108 valence electrons. The van der Waals surface area contributed by atoms with Crippen molar-refractivity contribution in [3.63, 3.8) is 0 Å². The third-order valence-corrected chi connectivity index (χ3v) is 3.44. The van der Waals surface area contributed by atoms with Gasteiger partial charge in [-0.25, -0.2) is 0 Å². The van der Waals surface area contributed by atoms with Gasteiger partial charge in [-0.1, -0.05) is 18.2 Å². The number of nitrogens with two attached hydrogens (primary N) is 1. The first-order chi connectivity index (χ1) is 9.43. The van der Waals surface area contributed by atoms with Crippen LogP contribution < -0.4 is 15.8 Å². The van der Waals surface area contributed by atoms with E-state index in [2.05, 4.69) is 9.69 Å². The van der Waals surface area contributed by atoms with Crippen LogP contribution in [0.3, 0.4) is 0 Å². The lowest BCUT2D eigenvalue weighted by atomic mass is 10.1. The maximum Gasteiger partial charge on any atom is 0.416 e. The summed E-state index contributed by atoms with van der Waals surface area (Å²) in [7, 11) is 1.43. The van der Waals surface area contributed by atoms with Gasteiger partial charge in [0.2, 0.25) is 0 Å². The third-order valence-electron chi connectivity index (χ3n) is 2.64. The number of halogens is 3. The Hall–Kier alpha value is -1.96. The number of hydrogen-bond donors (Lipinski definition) is 2. The van der Waals surface area contributed by atoms with Crippen molar-refractivity contribution >= 4 is 22.4 Å². The zero-order chi connectivity index (χ0) is 14.8. The molecule has 0 aliphatic heterocycles. The van der Waals surface area contributed by atoms with Crippen molar-refractivity contribution < 1.29 is 17.9 Å². The number of benzene rings is 1. The Morgan fingerprint density at radius 1 is 1.35 bits per heavy atom. The highest BCUT2D eigenvalue weighted by atomic mass is 32.1. The van der Waals surface area contributed by atoms with Crippen LogP contribution in [0.25, 0.3) is 0 Å². The minimum atomic E-state index is -4.38. The molecule has 0 saturated heterocycles. The molecule has 0 saturated carbocycles. The van der Waals surface area contributed by atoms with Crippen molar-refractivity contribution in [1.82, 2.24) is 4.37 Å². The lowest BCUT2D eigenvalue weighted by molar-refractivity contribution is -0.138. The summed E-state index contributed by atoms with van der Waals surface area (Å²) in [4.78, 5) is 0. The van der Waals surface area contributed by atoms with Crippen LogP contribution in [0, 0.1) is 0 Å². The molecular weight excluding hydrogens is 291 g/mol. The SMILES string of the molecule is COc1c(N)nsc1NCc1ccccc1C(F)(F)F. The van der Waals surface area contributed by atoms with Gasteiger partial charge in [0.05, 0.1) is 12.7 Å². The maximum absolute atomic E-state index is 12.8. The molecule has 4 nitrogen and oxygen atoms in total. The average Bonchev–Trinajstić information content (AvgIpc) is 2.76. The fraction of sp³-hybridized carbons (Fsp3) is 0.250. The van der Waals surface area contributed by atoms with Crippen molar-refractivity contribution in [3.05, 3.63) is 35.4 Å². The summed E-state index contributed by atoms with van der Waals surface area (Å²) in [5.74, 6) is 0.559. The number of nitrogen functional groups attached to an aromatic ring is 1. The van der Waals surface area contributed by atoms with E-state index in [1.807, 2.05) is 0 Å². The quantitative estimate of drug-likeness (QED) is 0.909. The first-order valence-electron chi connectivity index (χ1n) is 5.61. The van der Waals surface area contributed by atoms with E-state index < -0.39 is 11.7 Å². The third kappa shape index (κ3) is 2.96. The minimum Gasteiger partial charge on any atom is -0.490 e. The molecule has 8 heteroatoms. The molecule has 1 heterocycles. The molecule has 0 radical (unpaired) electrons. The number of alkyl halides is 3. The normalized spacial score (nSPS) is 11.4. The van der Waals surface area contributed by atoms with Crippen LogP contribution in [0.4, 0.5) is 24.0 Å². The molecule has 20 heavy (non-hydrogen) atoms. The molecule has 0 atom stereocenters. The molecule has 0 aliphatic carbocycles. The van der Waals surface area contributed by atoms with E-state index in [-0.39, 0.29) is 17.9 Å². The molecule has 2 rings (SSSR count). The highest BCUT2D eigenvalue weighted by Gasteiger charge is 2.32. The van der Waals surface area contributed by atoms with Crippen LogP contribution in [0.1, 0.15) is 11.1 Å². The summed E-state index contributed by atoms with van der Waals surface area (Å²) in [6.45, 7) is 0.00762. The number of aromatic nitrogens is 1. The first kappa shape index (κ1) is 14.4. The first-order valence-corrected chi connectivity index (χ1v) is 6.39. The Bertz CT molecular complexity index is 598. The molecule has 1 aromatic heterocycles. The van der Waals surface area contributed by atoms with Crippen molar-refractivity contribution in [2.24, 2.45) is 0 Å². The Kier molecular flexibility index (Phi) is 4.03. The number of anilines is 2. The highest BCUT2D eigenvalue weighted by Crippen LogP contribution is 2.36. The van der Waals surface area contributed by atoms with Gasteiger partial charge in [-0.2, -0.15) is 17.5 Å². The van der Waals surface area contributed by atoms with Crippen LogP contribution >= 0.6 is 11.5 Å². The van der Waals surface area contributed by atoms with Crippen LogP contribution in [0.5, 0.6) is 5.75 Å². The standard InChI is InChI=1S/C12H12F3N3OS/c1-19-9-10(16)18-20-11(9)17-6-7-4-2-3-5-8(7)12(13,14)15/h2-5,17H,6H2,1H3,(H2,16,18). The fourth-order valence-electron chi connectivity index (χ4n) is 1.73. The Balaban J connectivity index is 2.19. The van der Waals surface area contributed by atoms with Crippen molar-refractivity contribution in [3.8, 4) is 5.75 Å². The van der Waals surface area contributed by atoms with E-state index in [0.29, 0.717) is 10.8 Å². The zero-order valence-electron chi connectivity index (χ0n) is 10.5. The van der Waals surface area contributed by atoms with Gasteiger partial charge in [-0.05, 0) is 23.2 Å². The second-order valence-electron chi connectivity index (χ2n) is 3.94. The summed E-state index contributed by atoms with van der Waals surface area (Å²) in [5, 5.41) is 3.37. The Morgan fingerprint density at radius 2 is 2.05 bits per heavy atom. The van der Waals surface area contributed by atoms with Gasteiger partial charge in [0, 0.05) is 6.54 Å². The van der Waals surface area contributed by atoms with E-state index in [1.54, 1.807) is 6.07 Å². The number of rotatable bonds is 4. The number of nitrogens with one attached hydrogen (secondary N) is 1. The minimum absolute atomic E-state index is 0.00762. The summed E-state index contributed by atoms with van der Waals surface area (Å²) < 4.78 is 47.4. The van der Waals surface area contributed by atoms with Gasteiger partial charge >= 0.3 is 6.18 Å². The van der Waals surface area contributed by atoms with E-state index in [9.17, 15) is 13.2 Å². The van der Waals surface area contributed by atoms with Crippen LogP contribution in [-0.2, 0) is 12.7 Å². The highest BCUT2D eigenvalue weighted by molar-refractivity contribution is 7.11. The van der Waals surface area contributed by atoms with E-state index in [0.717, 1.165) is 17.6 Å².